The number of halogens is 1. The van der Waals surface area contributed by atoms with Crippen LogP contribution in [0.4, 0.5) is 0 Å². The molecule has 10 heteroatoms. The molecule has 0 fully saturated rings. The first kappa shape index (κ1) is 31.6. The van der Waals surface area contributed by atoms with E-state index in [1.165, 1.54) is 0 Å². The summed E-state index contributed by atoms with van der Waals surface area (Å²) < 4.78 is 18.4. The predicted octanol–water partition coefficient (Wildman–Crippen LogP) is 4.87. The molecule has 0 radical (unpaired) electrons. The molecule has 1 heterocycles. The number of amides is 1. The van der Waals surface area contributed by atoms with E-state index in [9.17, 15) is 9.59 Å². The number of benzene rings is 2. The number of rotatable bonds is 13. The molecule has 3 rings (SSSR count). The van der Waals surface area contributed by atoms with Gasteiger partial charge in [-0.05, 0) is 63.4 Å². The molecule has 1 aliphatic rings. The van der Waals surface area contributed by atoms with Crippen LogP contribution >= 0.6 is 15.9 Å². The molecule has 2 atom stereocenters. The van der Waals surface area contributed by atoms with E-state index in [1.807, 2.05) is 50.2 Å². The second-order valence-corrected chi connectivity index (χ2v) is 12.0. The Bertz CT molecular complexity index is 1180. The topological polar surface area (TPSA) is 118 Å². The van der Waals surface area contributed by atoms with E-state index < -0.39 is 29.1 Å². The number of hydrazine groups is 1. The van der Waals surface area contributed by atoms with Crippen LogP contribution in [-0.2, 0) is 19.1 Å². The Morgan fingerprint density at radius 3 is 2.48 bits per heavy atom. The summed E-state index contributed by atoms with van der Waals surface area (Å²) in [7, 11) is 0. The Morgan fingerprint density at radius 1 is 1.15 bits per heavy atom. The van der Waals surface area contributed by atoms with Gasteiger partial charge >= 0.3 is 5.97 Å². The Balaban J connectivity index is 2.02. The summed E-state index contributed by atoms with van der Waals surface area (Å²) in [6, 6.07) is 14.7. The van der Waals surface area contributed by atoms with Crippen LogP contribution in [0.25, 0.3) is 0 Å². The minimum absolute atomic E-state index is 0.0341. The zero-order valence-corrected chi connectivity index (χ0v) is 25.4. The second-order valence-electron chi connectivity index (χ2n) is 11.1. The fourth-order valence-electron chi connectivity index (χ4n) is 4.16. The highest BCUT2D eigenvalue weighted by atomic mass is 79.9. The van der Waals surface area contributed by atoms with Crippen LogP contribution in [0.5, 0.6) is 5.75 Å². The number of carbonyl (C=O) groups is 2. The predicted molar refractivity (Wildman–Crippen MR) is 157 cm³/mol. The summed E-state index contributed by atoms with van der Waals surface area (Å²) in [5.74, 6) is 0.398. The first-order valence-electron chi connectivity index (χ1n) is 13.6. The van der Waals surface area contributed by atoms with E-state index in [4.69, 9.17) is 24.3 Å². The fraction of sp³-hybridized carbons (Fsp3) is 0.500. The number of hydrogen-bond acceptors (Lipinski definition) is 8. The third-order valence-corrected chi connectivity index (χ3v) is 6.78. The van der Waals surface area contributed by atoms with Crippen molar-refractivity contribution in [1.29, 1.82) is 0 Å². The van der Waals surface area contributed by atoms with Gasteiger partial charge in [-0.3, -0.25) is 15.0 Å². The van der Waals surface area contributed by atoms with Crippen molar-refractivity contribution >= 4 is 33.7 Å². The van der Waals surface area contributed by atoms with E-state index in [0.29, 0.717) is 36.8 Å². The van der Waals surface area contributed by atoms with Gasteiger partial charge in [0.15, 0.2) is 11.6 Å². The molecule has 0 aromatic heterocycles. The van der Waals surface area contributed by atoms with Crippen molar-refractivity contribution in [1.82, 2.24) is 10.9 Å². The average Bonchev–Trinajstić information content (AvgIpc) is 3.28. The minimum atomic E-state index is -1.46. The lowest BCUT2D eigenvalue weighted by molar-refractivity contribution is -0.155. The Kier molecular flexibility index (Phi) is 11.1. The SMILES string of the molecule is CC(C)CNNC(=O)[C@@]1(CCC(=O)OC(C)(C)C)N=C(c2ccc(OCCCO)cc2)O[C@H]1c1ccccc1Br. The van der Waals surface area contributed by atoms with Crippen molar-refractivity contribution in [3.05, 3.63) is 64.1 Å². The number of ether oxygens (including phenoxy) is 3. The highest BCUT2D eigenvalue weighted by Gasteiger charge is 2.54. The van der Waals surface area contributed by atoms with E-state index in [-0.39, 0.29) is 25.3 Å². The average molecular weight is 619 g/mol. The third-order valence-electron chi connectivity index (χ3n) is 6.06. The van der Waals surface area contributed by atoms with Crippen molar-refractivity contribution in [2.75, 3.05) is 19.8 Å². The van der Waals surface area contributed by atoms with Crippen molar-refractivity contribution in [2.24, 2.45) is 10.9 Å². The minimum Gasteiger partial charge on any atom is -0.494 e. The number of nitrogens with one attached hydrogen (secondary N) is 2. The monoisotopic (exact) mass is 617 g/mol. The summed E-state index contributed by atoms with van der Waals surface area (Å²) in [6.07, 6.45) is -0.254. The summed E-state index contributed by atoms with van der Waals surface area (Å²) in [4.78, 5) is 31.6. The van der Waals surface area contributed by atoms with Crippen LogP contribution in [0, 0.1) is 5.92 Å². The molecule has 0 spiro atoms. The Labute approximate surface area is 244 Å². The summed E-state index contributed by atoms with van der Waals surface area (Å²) >= 11 is 3.61. The second kappa shape index (κ2) is 14.1. The molecule has 2 aromatic carbocycles. The van der Waals surface area contributed by atoms with E-state index in [1.54, 1.807) is 32.9 Å². The van der Waals surface area contributed by atoms with Crippen LogP contribution in [0.2, 0.25) is 0 Å². The summed E-state index contributed by atoms with van der Waals surface area (Å²) in [5, 5.41) is 9.00. The standard InChI is InChI=1S/C30H40BrN3O6/c1-20(2)19-32-34-28(37)30(16-15-25(36)40-29(3,4)5)26(23-9-6-7-10-24(23)31)39-27(33-30)21-11-13-22(14-12-21)38-18-8-17-35/h6-7,9-14,20,26,32,35H,8,15-19H2,1-5H3,(H,34,37)/t26-,30-/m0/s1. The van der Waals surface area contributed by atoms with E-state index in [2.05, 4.69) is 26.8 Å². The largest absolute Gasteiger partial charge is 0.494 e. The lowest BCUT2D eigenvalue weighted by Crippen LogP contribution is -2.53. The van der Waals surface area contributed by atoms with E-state index in [0.717, 1.165) is 10.0 Å². The van der Waals surface area contributed by atoms with Gasteiger partial charge in [-0.1, -0.05) is 48.0 Å². The molecule has 0 bridgehead atoms. The lowest BCUT2D eigenvalue weighted by Gasteiger charge is -2.31. The number of esters is 1. The Hall–Kier alpha value is -2.95. The first-order chi connectivity index (χ1) is 18.9. The summed E-state index contributed by atoms with van der Waals surface area (Å²) in [5.41, 5.74) is 5.08. The van der Waals surface area contributed by atoms with Gasteiger partial charge < -0.3 is 19.3 Å². The third kappa shape index (κ3) is 8.52. The fourth-order valence-corrected chi connectivity index (χ4v) is 4.66. The number of nitrogens with zero attached hydrogens (tertiary/aromatic N) is 1. The molecule has 3 N–H and O–H groups in total. The van der Waals surface area contributed by atoms with Gasteiger partial charge in [-0.2, -0.15) is 0 Å². The lowest BCUT2D eigenvalue weighted by atomic mass is 9.83. The van der Waals surface area contributed by atoms with Crippen LogP contribution in [0.3, 0.4) is 0 Å². The first-order valence-corrected chi connectivity index (χ1v) is 14.3. The molecular weight excluding hydrogens is 578 g/mol. The van der Waals surface area contributed by atoms with Crippen LogP contribution < -0.4 is 15.6 Å². The number of carbonyl (C=O) groups excluding carboxylic acids is 2. The highest BCUT2D eigenvalue weighted by Crippen LogP contribution is 2.45. The highest BCUT2D eigenvalue weighted by molar-refractivity contribution is 9.10. The number of aliphatic imine (C=N–C) groups is 1. The zero-order chi connectivity index (χ0) is 29.3. The number of aliphatic hydroxyl groups is 1. The number of aliphatic hydroxyl groups excluding tert-OH is 1. The Morgan fingerprint density at radius 2 is 1.85 bits per heavy atom. The quantitative estimate of drug-likeness (QED) is 0.167. The zero-order valence-electron chi connectivity index (χ0n) is 23.8. The molecule has 1 aliphatic heterocycles. The molecule has 40 heavy (non-hydrogen) atoms. The van der Waals surface area contributed by atoms with Gasteiger partial charge in [0.25, 0.3) is 5.91 Å². The molecule has 0 aliphatic carbocycles. The van der Waals surface area contributed by atoms with Crippen LogP contribution in [0.1, 0.15) is 71.1 Å². The maximum Gasteiger partial charge on any atom is 0.306 e. The molecule has 9 nitrogen and oxygen atoms in total. The van der Waals surface area contributed by atoms with Gasteiger partial charge in [-0.15, -0.1) is 0 Å². The van der Waals surface area contributed by atoms with E-state index >= 15 is 0 Å². The number of hydrogen-bond donors (Lipinski definition) is 3. The molecular formula is C30H40BrN3O6. The molecule has 0 saturated heterocycles. The van der Waals surface area contributed by atoms with Crippen molar-refractivity contribution in [3.8, 4) is 5.75 Å². The van der Waals surface area contributed by atoms with Gasteiger partial charge in [0, 0.05) is 41.6 Å². The molecule has 0 unspecified atom stereocenters. The molecule has 0 saturated carbocycles. The van der Waals surface area contributed by atoms with Gasteiger partial charge in [0.2, 0.25) is 5.90 Å². The van der Waals surface area contributed by atoms with Gasteiger partial charge in [-0.25, -0.2) is 10.4 Å². The maximum absolute atomic E-state index is 14.0. The maximum atomic E-state index is 14.0. The van der Waals surface area contributed by atoms with Crippen molar-refractivity contribution in [2.45, 2.75) is 71.1 Å². The van der Waals surface area contributed by atoms with Crippen LogP contribution in [0.15, 0.2) is 58.0 Å². The van der Waals surface area contributed by atoms with Gasteiger partial charge in [0.1, 0.15) is 11.4 Å². The van der Waals surface area contributed by atoms with Crippen molar-refractivity contribution in [3.63, 3.8) is 0 Å². The molecule has 1 amide bonds. The molecule has 2 aromatic rings. The van der Waals surface area contributed by atoms with Crippen LogP contribution in [-0.4, -0.2) is 53.8 Å². The van der Waals surface area contributed by atoms with Crippen molar-refractivity contribution < 1.29 is 28.9 Å². The normalized spacial score (nSPS) is 18.7. The van der Waals surface area contributed by atoms with Gasteiger partial charge in [0.05, 0.1) is 6.61 Å². The summed E-state index contributed by atoms with van der Waals surface area (Å²) in [6.45, 7) is 10.5. The molecule has 218 valence electrons. The smallest absolute Gasteiger partial charge is 0.306 e.